The number of hydrogen-bond donors (Lipinski definition) is 1. The van der Waals surface area contributed by atoms with E-state index in [9.17, 15) is 0 Å². The molecule has 2 rings (SSSR count). The van der Waals surface area contributed by atoms with E-state index in [1.807, 2.05) is 25.1 Å². The van der Waals surface area contributed by atoms with Crippen LogP contribution >= 0.6 is 11.8 Å². The molecule has 0 aliphatic carbocycles. The van der Waals surface area contributed by atoms with Crippen LogP contribution in [0.4, 0.5) is 5.69 Å². The highest BCUT2D eigenvalue weighted by Crippen LogP contribution is 2.26. The van der Waals surface area contributed by atoms with Crippen LogP contribution in [0.15, 0.2) is 34.0 Å². The molecule has 0 radical (unpaired) electrons. The van der Waals surface area contributed by atoms with Crippen LogP contribution in [0.1, 0.15) is 11.4 Å². The molecule has 0 saturated heterocycles. The monoisotopic (exact) mass is 221 g/mol. The van der Waals surface area contributed by atoms with Gasteiger partial charge in [0.15, 0.2) is 5.82 Å². The number of aromatic nitrogens is 2. The first kappa shape index (κ1) is 10.0. The second kappa shape index (κ2) is 4.35. The molecule has 0 unspecified atom stereocenters. The number of nitrogen functional groups attached to an aromatic ring is 1. The van der Waals surface area contributed by atoms with Crippen molar-refractivity contribution in [3.05, 3.63) is 36.0 Å². The van der Waals surface area contributed by atoms with Crippen molar-refractivity contribution in [2.24, 2.45) is 0 Å². The summed E-state index contributed by atoms with van der Waals surface area (Å²) in [6.07, 6.45) is 1.34. The lowest BCUT2D eigenvalue weighted by molar-refractivity contribution is 0.412. The first-order valence-corrected chi connectivity index (χ1v) is 5.48. The Hall–Kier alpha value is -1.49. The molecule has 0 atom stereocenters. The summed E-state index contributed by atoms with van der Waals surface area (Å²) in [5.41, 5.74) is 7.63. The van der Waals surface area contributed by atoms with Crippen LogP contribution in [0.5, 0.6) is 0 Å². The van der Waals surface area contributed by atoms with Crippen molar-refractivity contribution >= 4 is 17.4 Å². The summed E-state index contributed by atoms with van der Waals surface area (Å²) in [4.78, 5) is 5.14. The lowest BCUT2D eigenvalue weighted by Gasteiger charge is -2.04. The fraction of sp³-hybridized carbons (Fsp3) is 0.200. The molecule has 15 heavy (non-hydrogen) atoms. The van der Waals surface area contributed by atoms with Crippen LogP contribution in [-0.2, 0) is 5.75 Å². The maximum Gasteiger partial charge on any atom is 0.213 e. The minimum atomic E-state index is 0.705. The number of aryl methyl sites for hydroxylation is 1. The molecule has 4 nitrogen and oxygen atoms in total. The van der Waals surface area contributed by atoms with Crippen molar-refractivity contribution in [1.29, 1.82) is 0 Å². The minimum Gasteiger partial charge on any atom is -0.399 e. The zero-order valence-electron chi connectivity index (χ0n) is 8.30. The van der Waals surface area contributed by atoms with Crippen LogP contribution in [0.3, 0.4) is 0 Å². The van der Waals surface area contributed by atoms with Crippen LogP contribution in [0.25, 0.3) is 0 Å². The van der Waals surface area contributed by atoms with Crippen LogP contribution in [0.2, 0.25) is 0 Å². The lowest BCUT2D eigenvalue weighted by Crippen LogP contribution is -1.88. The average molecular weight is 221 g/mol. The van der Waals surface area contributed by atoms with Gasteiger partial charge in [-0.05, 0) is 30.7 Å². The molecule has 0 aliphatic heterocycles. The Morgan fingerprint density at radius 3 is 3.00 bits per heavy atom. The highest BCUT2D eigenvalue weighted by molar-refractivity contribution is 7.98. The van der Waals surface area contributed by atoms with Gasteiger partial charge < -0.3 is 10.3 Å². The molecule has 78 valence electrons. The Morgan fingerprint density at radius 2 is 2.33 bits per heavy atom. The van der Waals surface area contributed by atoms with E-state index in [1.165, 1.54) is 16.9 Å². The predicted molar refractivity (Wildman–Crippen MR) is 59.5 cm³/mol. The number of hydrogen-bond acceptors (Lipinski definition) is 5. The SMILES string of the molecule is Cc1cc(N)ccc1SCc1ncon1. The third-order valence-corrected chi connectivity index (χ3v) is 3.13. The highest BCUT2D eigenvalue weighted by Gasteiger charge is 2.03. The second-order valence-electron chi connectivity index (χ2n) is 3.16. The van der Waals surface area contributed by atoms with Gasteiger partial charge in [0.2, 0.25) is 6.39 Å². The number of nitrogens with zero attached hydrogens (tertiary/aromatic N) is 2. The third-order valence-electron chi connectivity index (χ3n) is 1.96. The average Bonchev–Trinajstić information content (AvgIpc) is 2.69. The van der Waals surface area contributed by atoms with E-state index in [0.29, 0.717) is 11.6 Å². The van der Waals surface area contributed by atoms with Crippen molar-refractivity contribution in [1.82, 2.24) is 10.1 Å². The van der Waals surface area contributed by atoms with Crippen molar-refractivity contribution in [3.8, 4) is 0 Å². The Balaban J connectivity index is 2.05. The minimum absolute atomic E-state index is 0.705. The van der Waals surface area contributed by atoms with Gasteiger partial charge in [-0.25, -0.2) is 0 Å². The Labute approximate surface area is 91.9 Å². The maximum atomic E-state index is 5.67. The van der Waals surface area contributed by atoms with Gasteiger partial charge >= 0.3 is 0 Å². The summed E-state index contributed by atoms with van der Waals surface area (Å²) in [5, 5.41) is 3.75. The van der Waals surface area contributed by atoms with Gasteiger partial charge in [0.1, 0.15) is 0 Å². The van der Waals surface area contributed by atoms with Crippen LogP contribution < -0.4 is 5.73 Å². The molecule has 2 N–H and O–H groups in total. The standard InChI is InChI=1S/C10H11N3OS/c1-7-4-8(11)2-3-9(7)15-5-10-12-6-14-13-10/h2-4,6H,5,11H2,1H3. The smallest absolute Gasteiger partial charge is 0.213 e. The van der Waals surface area contributed by atoms with E-state index < -0.39 is 0 Å². The van der Waals surface area contributed by atoms with Gasteiger partial charge in [-0.1, -0.05) is 5.16 Å². The third kappa shape index (κ3) is 2.50. The van der Waals surface area contributed by atoms with E-state index in [-0.39, 0.29) is 0 Å². The molecule has 2 aromatic rings. The molecular formula is C10H11N3OS. The van der Waals surface area contributed by atoms with Crippen LogP contribution in [0, 0.1) is 6.92 Å². The molecule has 0 amide bonds. The first-order chi connectivity index (χ1) is 7.25. The van der Waals surface area contributed by atoms with E-state index in [0.717, 1.165) is 5.69 Å². The van der Waals surface area contributed by atoms with Gasteiger partial charge in [0.05, 0.1) is 5.75 Å². The Kier molecular flexibility index (Phi) is 2.91. The van der Waals surface area contributed by atoms with Gasteiger partial charge in [-0.15, -0.1) is 11.8 Å². The molecule has 0 spiro atoms. The van der Waals surface area contributed by atoms with Gasteiger partial charge in [-0.2, -0.15) is 4.98 Å². The van der Waals surface area contributed by atoms with Crippen molar-refractivity contribution in [2.75, 3.05) is 5.73 Å². The molecule has 1 aromatic heterocycles. The summed E-state index contributed by atoms with van der Waals surface area (Å²) in [5.74, 6) is 1.41. The number of nitrogens with two attached hydrogens (primary N) is 1. The zero-order chi connectivity index (χ0) is 10.7. The Morgan fingerprint density at radius 1 is 1.47 bits per heavy atom. The summed E-state index contributed by atoms with van der Waals surface area (Å²) < 4.78 is 4.66. The normalized spacial score (nSPS) is 10.5. The van der Waals surface area contributed by atoms with E-state index in [1.54, 1.807) is 11.8 Å². The van der Waals surface area contributed by atoms with Gasteiger partial charge in [0, 0.05) is 10.6 Å². The Bertz CT molecular complexity index is 442. The van der Waals surface area contributed by atoms with E-state index in [2.05, 4.69) is 14.7 Å². The molecule has 5 heteroatoms. The van der Waals surface area contributed by atoms with Gasteiger partial charge in [0.25, 0.3) is 0 Å². The summed E-state index contributed by atoms with van der Waals surface area (Å²) in [6.45, 7) is 2.04. The molecule has 1 aromatic carbocycles. The van der Waals surface area contributed by atoms with Crippen molar-refractivity contribution < 1.29 is 4.52 Å². The number of thioether (sulfide) groups is 1. The summed E-state index contributed by atoms with van der Waals surface area (Å²) >= 11 is 1.67. The maximum absolute atomic E-state index is 5.67. The van der Waals surface area contributed by atoms with E-state index >= 15 is 0 Å². The largest absolute Gasteiger partial charge is 0.399 e. The van der Waals surface area contributed by atoms with Gasteiger partial charge in [-0.3, -0.25) is 0 Å². The fourth-order valence-corrected chi connectivity index (χ4v) is 2.10. The molecule has 1 heterocycles. The zero-order valence-corrected chi connectivity index (χ0v) is 9.12. The molecule has 0 saturated carbocycles. The second-order valence-corrected chi connectivity index (χ2v) is 4.18. The van der Waals surface area contributed by atoms with E-state index in [4.69, 9.17) is 5.73 Å². The predicted octanol–water partition coefficient (Wildman–Crippen LogP) is 2.25. The quantitative estimate of drug-likeness (QED) is 0.636. The molecule has 0 bridgehead atoms. The number of anilines is 1. The highest BCUT2D eigenvalue weighted by atomic mass is 32.2. The summed E-state index contributed by atoms with van der Waals surface area (Å²) in [7, 11) is 0. The summed E-state index contributed by atoms with van der Waals surface area (Å²) in [6, 6.07) is 5.86. The molecular weight excluding hydrogens is 210 g/mol. The number of benzene rings is 1. The van der Waals surface area contributed by atoms with Crippen molar-refractivity contribution in [3.63, 3.8) is 0 Å². The number of rotatable bonds is 3. The lowest BCUT2D eigenvalue weighted by atomic mass is 10.2. The topological polar surface area (TPSA) is 64.9 Å². The molecule has 0 fully saturated rings. The fourth-order valence-electron chi connectivity index (χ4n) is 1.23. The van der Waals surface area contributed by atoms with Crippen molar-refractivity contribution in [2.45, 2.75) is 17.6 Å². The molecule has 0 aliphatic rings. The first-order valence-electron chi connectivity index (χ1n) is 4.50. The van der Waals surface area contributed by atoms with Crippen LogP contribution in [-0.4, -0.2) is 10.1 Å².